The van der Waals surface area contributed by atoms with E-state index in [4.69, 9.17) is 5.73 Å². The van der Waals surface area contributed by atoms with Gasteiger partial charge in [-0.25, -0.2) is 0 Å². The molecule has 116 valence electrons. The molecule has 1 aliphatic carbocycles. The van der Waals surface area contributed by atoms with E-state index in [1.165, 1.54) is 0 Å². The number of pyridine rings is 1. The number of carbonyl (C=O) groups is 1. The smallest absolute Gasteiger partial charge is 0.226 e. The van der Waals surface area contributed by atoms with E-state index in [9.17, 15) is 4.79 Å². The summed E-state index contributed by atoms with van der Waals surface area (Å²) in [6.45, 7) is 5.51. The second-order valence-electron chi connectivity index (χ2n) is 6.33. The van der Waals surface area contributed by atoms with Crippen LogP contribution in [0, 0.1) is 11.8 Å². The molecule has 1 saturated carbocycles. The molecule has 4 heteroatoms. The van der Waals surface area contributed by atoms with Crippen LogP contribution in [0.1, 0.15) is 45.2 Å². The van der Waals surface area contributed by atoms with Gasteiger partial charge in [0.1, 0.15) is 0 Å². The predicted octanol–water partition coefficient (Wildman–Crippen LogP) is 2.58. The summed E-state index contributed by atoms with van der Waals surface area (Å²) in [4.78, 5) is 19.1. The Morgan fingerprint density at radius 1 is 1.33 bits per heavy atom. The van der Waals surface area contributed by atoms with Crippen molar-refractivity contribution in [1.29, 1.82) is 0 Å². The highest BCUT2D eigenvalue weighted by molar-refractivity contribution is 5.79. The van der Waals surface area contributed by atoms with Crippen LogP contribution < -0.4 is 5.73 Å². The molecule has 0 saturated heterocycles. The lowest BCUT2D eigenvalue weighted by atomic mass is 9.81. The van der Waals surface area contributed by atoms with Crippen LogP contribution in [0.5, 0.6) is 0 Å². The Hall–Kier alpha value is -1.42. The first-order chi connectivity index (χ1) is 10.1. The Balaban J connectivity index is 1.99. The topological polar surface area (TPSA) is 59.2 Å². The van der Waals surface area contributed by atoms with Crippen LogP contribution >= 0.6 is 0 Å². The first kappa shape index (κ1) is 16.0. The van der Waals surface area contributed by atoms with Gasteiger partial charge >= 0.3 is 0 Å². The number of rotatable bonds is 5. The molecule has 4 nitrogen and oxygen atoms in total. The third-order valence-electron chi connectivity index (χ3n) is 4.49. The summed E-state index contributed by atoms with van der Waals surface area (Å²) < 4.78 is 0. The molecule has 0 radical (unpaired) electrons. The Morgan fingerprint density at radius 2 is 2.05 bits per heavy atom. The fraction of sp³-hybridized carbons (Fsp3) is 0.647. The van der Waals surface area contributed by atoms with Crippen molar-refractivity contribution >= 4 is 5.91 Å². The standard InChI is InChI=1S/C17H27N3O/c1-13(2)20(12-16-5-3-4-10-19-16)17(21)15-8-6-14(11-18)7-9-15/h3-5,10,13-15H,6-9,11-12,18H2,1-2H3. The molecule has 1 amide bonds. The minimum absolute atomic E-state index is 0.166. The normalized spacial score (nSPS) is 22.3. The zero-order valence-electron chi connectivity index (χ0n) is 13.2. The maximum Gasteiger partial charge on any atom is 0.226 e. The molecule has 0 aromatic carbocycles. The first-order valence-electron chi connectivity index (χ1n) is 8.02. The lowest BCUT2D eigenvalue weighted by molar-refractivity contribution is -0.139. The second kappa shape index (κ2) is 7.55. The molecule has 0 bridgehead atoms. The number of hydrogen-bond acceptors (Lipinski definition) is 3. The molecule has 1 aromatic rings. The quantitative estimate of drug-likeness (QED) is 0.906. The summed E-state index contributed by atoms with van der Waals surface area (Å²) in [5.74, 6) is 1.06. The Labute approximate surface area is 127 Å². The van der Waals surface area contributed by atoms with E-state index in [2.05, 4.69) is 18.8 Å². The molecule has 1 aliphatic rings. The molecule has 0 aliphatic heterocycles. The van der Waals surface area contributed by atoms with E-state index in [-0.39, 0.29) is 17.9 Å². The van der Waals surface area contributed by atoms with Crippen LogP contribution in [0.15, 0.2) is 24.4 Å². The average molecular weight is 289 g/mol. The van der Waals surface area contributed by atoms with Gasteiger partial charge in [0, 0.05) is 18.2 Å². The van der Waals surface area contributed by atoms with Gasteiger partial charge in [-0.2, -0.15) is 0 Å². The molecular weight excluding hydrogens is 262 g/mol. The van der Waals surface area contributed by atoms with Crippen molar-refractivity contribution in [3.63, 3.8) is 0 Å². The maximum atomic E-state index is 12.8. The molecule has 0 spiro atoms. The zero-order chi connectivity index (χ0) is 15.2. The van der Waals surface area contributed by atoms with E-state index in [0.717, 1.165) is 37.9 Å². The Bertz CT molecular complexity index is 439. The highest BCUT2D eigenvalue weighted by atomic mass is 16.2. The Morgan fingerprint density at radius 3 is 2.57 bits per heavy atom. The van der Waals surface area contributed by atoms with E-state index in [1.54, 1.807) is 6.20 Å². The number of aromatic nitrogens is 1. The molecule has 21 heavy (non-hydrogen) atoms. The second-order valence-corrected chi connectivity index (χ2v) is 6.33. The summed E-state index contributed by atoms with van der Waals surface area (Å²) in [5, 5.41) is 0. The number of nitrogens with two attached hydrogens (primary N) is 1. The van der Waals surface area contributed by atoms with Crippen molar-refractivity contribution in [2.45, 2.75) is 52.1 Å². The highest BCUT2D eigenvalue weighted by Crippen LogP contribution is 2.30. The third kappa shape index (κ3) is 4.27. The average Bonchev–Trinajstić information content (AvgIpc) is 2.53. The maximum absolute atomic E-state index is 12.8. The summed E-state index contributed by atoms with van der Waals surface area (Å²) in [7, 11) is 0. The minimum atomic E-state index is 0.166. The Kier molecular flexibility index (Phi) is 5.74. The van der Waals surface area contributed by atoms with Crippen molar-refractivity contribution in [1.82, 2.24) is 9.88 Å². The van der Waals surface area contributed by atoms with Crippen LogP contribution in [0.2, 0.25) is 0 Å². The van der Waals surface area contributed by atoms with Crippen LogP contribution in [-0.2, 0) is 11.3 Å². The summed E-state index contributed by atoms with van der Waals surface area (Å²) >= 11 is 0. The van der Waals surface area contributed by atoms with Gasteiger partial charge in [-0.05, 0) is 64.1 Å². The number of nitrogens with zero attached hydrogens (tertiary/aromatic N) is 2. The van der Waals surface area contributed by atoms with E-state index < -0.39 is 0 Å². The summed E-state index contributed by atoms with van der Waals surface area (Å²) in [5.41, 5.74) is 6.69. The molecule has 1 heterocycles. The highest BCUT2D eigenvalue weighted by Gasteiger charge is 2.30. The van der Waals surface area contributed by atoms with Gasteiger partial charge in [-0.3, -0.25) is 9.78 Å². The molecule has 2 N–H and O–H groups in total. The van der Waals surface area contributed by atoms with Gasteiger partial charge in [-0.1, -0.05) is 6.07 Å². The van der Waals surface area contributed by atoms with Gasteiger partial charge in [0.25, 0.3) is 0 Å². The minimum Gasteiger partial charge on any atom is -0.334 e. The van der Waals surface area contributed by atoms with Crippen molar-refractivity contribution in [3.8, 4) is 0 Å². The number of carbonyl (C=O) groups excluding carboxylic acids is 1. The van der Waals surface area contributed by atoms with Gasteiger partial charge in [0.05, 0.1) is 12.2 Å². The van der Waals surface area contributed by atoms with Crippen molar-refractivity contribution in [2.24, 2.45) is 17.6 Å². The van der Waals surface area contributed by atoms with Crippen molar-refractivity contribution in [2.75, 3.05) is 6.54 Å². The van der Waals surface area contributed by atoms with E-state index in [1.807, 2.05) is 23.1 Å². The number of amides is 1. The molecule has 1 fully saturated rings. The summed E-state index contributed by atoms with van der Waals surface area (Å²) in [6, 6.07) is 6.05. The molecule has 2 rings (SSSR count). The molecule has 0 atom stereocenters. The predicted molar refractivity (Wildman–Crippen MR) is 84.4 cm³/mol. The number of hydrogen-bond donors (Lipinski definition) is 1. The lowest BCUT2D eigenvalue weighted by Gasteiger charge is -2.33. The van der Waals surface area contributed by atoms with E-state index in [0.29, 0.717) is 12.5 Å². The first-order valence-corrected chi connectivity index (χ1v) is 8.02. The van der Waals surface area contributed by atoms with Crippen LogP contribution in [0.3, 0.4) is 0 Å². The monoisotopic (exact) mass is 289 g/mol. The molecular formula is C17H27N3O. The fourth-order valence-electron chi connectivity index (χ4n) is 3.06. The van der Waals surface area contributed by atoms with Crippen LogP contribution in [0.25, 0.3) is 0 Å². The van der Waals surface area contributed by atoms with Gasteiger partial charge < -0.3 is 10.6 Å². The van der Waals surface area contributed by atoms with Crippen molar-refractivity contribution < 1.29 is 4.79 Å². The van der Waals surface area contributed by atoms with Gasteiger partial charge in [0.2, 0.25) is 5.91 Å². The van der Waals surface area contributed by atoms with Crippen LogP contribution in [-0.4, -0.2) is 28.4 Å². The molecule has 0 unspecified atom stereocenters. The zero-order valence-corrected chi connectivity index (χ0v) is 13.2. The summed E-state index contributed by atoms with van der Waals surface area (Å²) in [6.07, 6.45) is 5.91. The van der Waals surface area contributed by atoms with Gasteiger partial charge in [-0.15, -0.1) is 0 Å². The lowest BCUT2D eigenvalue weighted by Crippen LogP contribution is -2.42. The fourth-order valence-corrected chi connectivity index (χ4v) is 3.06. The van der Waals surface area contributed by atoms with Crippen molar-refractivity contribution in [3.05, 3.63) is 30.1 Å². The van der Waals surface area contributed by atoms with Crippen LogP contribution in [0.4, 0.5) is 0 Å². The molecule has 1 aromatic heterocycles. The SMILES string of the molecule is CC(C)N(Cc1ccccn1)C(=O)C1CCC(CN)CC1. The third-order valence-corrected chi connectivity index (χ3v) is 4.49. The van der Waals surface area contributed by atoms with Gasteiger partial charge in [0.15, 0.2) is 0 Å². The largest absolute Gasteiger partial charge is 0.334 e. The van der Waals surface area contributed by atoms with E-state index >= 15 is 0 Å².